The zero-order valence-electron chi connectivity index (χ0n) is 14.2. The summed E-state index contributed by atoms with van der Waals surface area (Å²) in [5.41, 5.74) is 0.481. The van der Waals surface area contributed by atoms with Crippen LogP contribution in [0.1, 0.15) is 60.3 Å². The summed E-state index contributed by atoms with van der Waals surface area (Å²) in [5, 5.41) is 0. The molecule has 0 aromatic carbocycles. The summed E-state index contributed by atoms with van der Waals surface area (Å²) >= 11 is 0. The normalized spacial score (nSPS) is 17.8. The minimum atomic E-state index is 0.340. The number of piperazine rings is 1. The van der Waals surface area contributed by atoms with Crippen LogP contribution >= 0.6 is 0 Å². The van der Waals surface area contributed by atoms with Gasteiger partial charge < -0.3 is 4.90 Å². The van der Waals surface area contributed by atoms with Crippen molar-refractivity contribution in [2.45, 2.75) is 60.3 Å². The van der Waals surface area contributed by atoms with Crippen LogP contribution in [-0.2, 0) is 4.79 Å². The lowest BCUT2D eigenvalue weighted by molar-refractivity contribution is -0.133. The van der Waals surface area contributed by atoms with E-state index in [1.165, 1.54) is 25.8 Å². The molecule has 1 fully saturated rings. The molecule has 3 heteroatoms. The lowest BCUT2D eigenvalue weighted by Gasteiger charge is -2.35. The van der Waals surface area contributed by atoms with Crippen molar-refractivity contribution >= 4 is 5.91 Å². The number of carbonyl (C=O) groups is 1. The number of amides is 1. The Kier molecular flexibility index (Phi) is 7.01. The summed E-state index contributed by atoms with van der Waals surface area (Å²) in [4.78, 5) is 16.6. The van der Waals surface area contributed by atoms with Crippen LogP contribution in [0.15, 0.2) is 0 Å². The Bertz CT molecular complexity index is 291. The first-order valence-corrected chi connectivity index (χ1v) is 8.34. The van der Waals surface area contributed by atoms with Crippen molar-refractivity contribution in [1.82, 2.24) is 9.80 Å². The predicted molar refractivity (Wildman–Crippen MR) is 85.8 cm³/mol. The fourth-order valence-corrected chi connectivity index (χ4v) is 2.66. The molecule has 1 aliphatic rings. The maximum Gasteiger partial charge on any atom is 0.222 e. The van der Waals surface area contributed by atoms with Gasteiger partial charge in [0.15, 0.2) is 0 Å². The smallest absolute Gasteiger partial charge is 0.222 e. The molecule has 1 aliphatic heterocycles. The monoisotopic (exact) mass is 282 g/mol. The van der Waals surface area contributed by atoms with E-state index in [1.54, 1.807) is 0 Å². The molecule has 0 aromatic rings. The molecule has 118 valence electrons. The topological polar surface area (TPSA) is 23.6 Å². The van der Waals surface area contributed by atoms with E-state index in [9.17, 15) is 4.79 Å². The van der Waals surface area contributed by atoms with Gasteiger partial charge in [-0.05, 0) is 30.7 Å². The molecule has 0 atom stereocenters. The van der Waals surface area contributed by atoms with Gasteiger partial charge >= 0.3 is 0 Å². The Morgan fingerprint density at radius 1 is 1.15 bits per heavy atom. The molecule has 1 amide bonds. The van der Waals surface area contributed by atoms with E-state index >= 15 is 0 Å². The SMILES string of the molecule is CCC(C)(C)CCCN1CCN(C(=O)CC(C)C)CC1. The van der Waals surface area contributed by atoms with Gasteiger partial charge in [-0.25, -0.2) is 0 Å². The highest BCUT2D eigenvalue weighted by atomic mass is 16.2. The Labute approximate surface area is 125 Å². The highest BCUT2D eigenvalue weighted by molar-refractivity contribution is 5.76. The first kappa shape index (κ1) is 17.5. The highest BCUT2D eigenvalue weighted by Crippen LogP contribution is 2.26. The minimum absolute atomic E-state index is 0.340. The molecule has 0 bridgehead atoms. The Balaban J connectivity index is 2.21. The van der Waals surface area contributed by atoms with Crippen LogP contribution in [-0.4, -0.2) is 48.4 Å². The molecule has 0 saturated carbocycles. The molecule has 0 spiro atoms. The van der Waals surface area contributed by atoms with E-state index in [4.69, 9.17) is 0 Å². The van der Waals surface area contributed by atoms with Crippen molar-refractivity contribution < 1.29 is 4.79 Å². The van der Waals surface area contributed by atoms with Gasteiger partial charge in [0.25, 0.3) is 0 Å². The van der Waals surface area contributed by atoms with Crippen LogP contribution in [0.2, 0.25) is 0 Å². The van der Waals surface area contributed by atoms with Crippen molar-refractivity contribution in [2.24, 2.45) is 11.3 Å². The van der Waals surface area contributed by atoms with Crippen LogP contribution < -0.4 is 0 Å². The number of nitrogens with zero attached hydrogens (tertiary/aromatic N) is 2. The van der Waals surface area contributed by atoms with E-state index in [2.05, 4.69) is 39.5 Å². The van der Waals surface area contributed by atoms with Crippen LogP contribution in [0, 0.1) is 11.3 Å². The quantitative estimate of drug-likeness (QED) is 0.714. The maximum atomic E-state index is 12.0. The van der Waals surface area contributed by atoms with E-state index < -0.39 is 0 Å². The standard InChI is InChI=1S/C17H34N2O/c1-6-17(4,5)8-7-9-18-10-12-19(13-11-18)16(20)14-15(2)3/h15H,6-14H2,1-5H3. The summed E-state index contributed by atoms with van der Waals surface area (Å²) in [5.74, 6) is 0.809. The van der Waals surface area contributed by atoms with Crippen molar-refractivity contribution in [1.29, 1.82) is 0 Å². The van der Waals surface area contributed by atoms with Gasteiger partial charge in [-0.2, -0.15) is 0 Å². The van der Waals surface area contributed by atoms with Crippen molar-refractivity contribution in [2.75, 3.05) is 32.7 Å². The van der Waals surface area contributed by atoms with Crippen molar-refractivity contribution in [3.8, 4) is 0 Å². The lowest BCUT2D eigenvalue weighted by atomic mass is 9.85. The molecule has 3 nitrogen and oxygen atoms in total. The number of carbonyl (C=O) groups excluding carboxylic acids is 1. The van der Waals surface area contributed by atoms with Gasteiger partial charge in [0.05, 0.1) is 0 Å². The summed E-state index contributed by atoms with van der Waals surface area (Å²) in [6, 6.07) is 0. The highest BCUT2D eigenvalue weighted by Gasteiger charge is 2.22. The van der Waals surface area contributed by atoms with Crippen LogP contribution in [0.5, 0.6) is 0 Å². The van der Waals surface area contributed by atoms with Crippen molar-refractivity contribution in [3.63, 3.8) is 0 Å². The average Bonchev–Trinajstić information content (AvgIpc) is 2.38. The molecule has 0 aliphatic carbocycles. The van der Waals surface area contributed by atoms with Crippen LogP contribution in [0.4, 0.5) is 0 Å². The summed E-state index contributed by atoms with van der Waals surface area (Å²) in [6.07, 6.45) is 4.53. The minimum Gasteiger partial charge on any atom is -0.340 e. The molecule has 0 radical (unpaired) electrons. The first-order valence-electron chi connectivity index (χ1n) is 8.34. The first-order chi connectivity index (χ1) is 9.34. The van der Waals surface area contributed by atoms with Gasteiger partial charge in [0.2, 0.25) is 5.91 Å². The van der Waals surface area contributed by atoms with Gasteiger partial charge in [0.1, 0.15) is 0 Å². The lowest BCUT2D eigenvalue weighted by Crippen LogP contribution is -2.49. The fourth-order valence-electron chi connectivity index (χ4n) is 2.66. The number of hydrogen-bond donors (Lipinski definition) is 0. The molecule has 1 saturated heterocycles. The third-order valence-corrected chi connectivity index (χ3v) is 4.59. The number of hydrogen-bond acceptors (Lipinski definition) is 2. The summed E-state index contributed by atoms with van der Waals surface area (Å²) < 4.78 is 0. The maximum absolute atomic E-state index is 12.0. The zero-order chi connectivity index (χ0) is 15.2. The molecular formula is C17H34N2O. The zero-order valence-corrected chi connectivity index (χ0v) is 14.2. The van der Waals surface area contributed by atoms with Crippen LogP contribution in [0.3, 0.4) is 0 Å². The van der Waals surface area contributed by atoms with E-state index in [0.29, 0.717) is 23.7 Å². The second-order valence-corrected chi connectivity index (χ2v) is 7.44. The molecule has 20 heavy (non-hydrogen) atoms. The molecule has 1 rings (SSSR count). The number of rotatable bonds is 7. The molecule has 0 N–H and O–H groups in total. The third kappa shape index (κ3) is 6.25. The molecule has 0 aromatic heterocycles. The third-order valence-electron chi connectivity index (χ3n) is 4.59. The van der Waals surface area contributed by atoms with E-state index in [0.717, 1.165) is 26.2 Å². The molecule has 0 unspecified atom stereocenters. The predicted octanol–water partition coefficient (Wildman–Crippen LogP) is 3.39. The molecule has 1 heterocycles. The average molecular weight is 282 g/mol. The van der Waals surface area contributed by atoms with Gasteiger partial charge in [0, 0.05) is 32.6 Å². The van der Waals surface area contributed by atoms with Crippen LogP contribution in [0.25, 0.3) is 0 Å². The largest absolute Gasteiger partial charge is 0.340 e. The molecular weight excluding hydrogens is 248 g/mol. The fraction of sp³-hybridized carbons (Fsp3) is 0.941. The Morgan fingerprint density at radius 2 is 1.75 bits per heavy atom. The van der Waals surface area contributed by atoms with Gasteiger partial charge in [-0.3, -0.25) is 9.69 Å². The second-order valence-electron chi connectivity index (χ2n) is 7.44. The summed E-state index contributed by atoms with van der Waals surface area (Å²) in [6.45, 7) is 16.4. The van der Waals surface area contributed by atoms with Gasteiger partial charge in [-0.15, -0.1) is 0 Å². The van der Waals surface area contributed by atoms with Crippen molar-refractivity contribution in [3.05, 3.63) is 0 Å². The van der Waals surface area contributed by atoms with E-state index in [-0.39, 0.29) is 0 Å². The van der Waals surface area contributed by atoms with E-state index in [1.807, 2.05) is 4.90 Å². The Hall–Kier alpha value is -0.570. The summed E-state index contributed by atoms with van der Waals surface area (Å²) in [7, 11) is 0. The van der Waals surface area contributed by atoms with Gasteiger partial charge in [-0.1, -0.05) is 41.0 Å². The second kappa shape index (κ2) is 8.02. The Morgan fingerprint density at radius 3 is 2.25 bits per heavy atom.